The number of nitrogens with one attached hydrogen (secondary N) is 1. The largest absolute Gasteiger partial charge is 0.333 e. The van der Waals surface area contributed by atoms with Crippen molar-refractivity contribution in [2.45, 2.75) is 52.2 Å². The number of aryl methyl sites for hydroxylation is 3. The van der Waals surface area contributed by atoms with Gasteiger partial charge in [0.1, 0.15) is 5.82 Å². The van der Waals surface area contributed by atoms with E-state index in [1.165, 1.54) is 4.57 Å². The maximum Gasteiger partial charge on any atom is 0.333 e. The molecule has 240 valence electrons. The maximum absolute atomic E-state index is 14.5. The molecule has 0 amide bonds. The van der Waals surface area contributed by atoms with Crippen molar-refractivity contribution in [1.82, 2.24) is 39.3 Å². The Bertz CT molecular complexity index is 2270. The van der Waals surface area contributed by atoms with Gasteiger partial charge in [-0.25, -0.2) is 9.78 Å². The van der Waals surface area contributed by atoms with Crippen molar-refractivity contribution in [1.29, 1.82) is 0 Å². The van der Waals surface area contributed by atoms with Crippen LogP contribution in [0, 0.1) is 0 Å². The molecule has 10 nitrogen and oxygen atoms in total. The molecule has 0 saturated heterocycles. The lowest BCUT2D eigenvalue weighted by molar-refractivity contribution is 0.533. The van der Waals surface area contributed by atoms with Crippen molar-refractivity contribution in [3.05, 3.63) is 153 Å². The van der Waals surface area contributed by atoms with Gasteiger partial charge >= 0.3 is 5.69 Å². The second-order valence-electron chi connectivity index (χ2n) is 11.9. The Morgan fingerprint density at radius 1 is 0.750 bits per heavy atom. The second-order valence-corrected chi connectivity index (χ2v) is 11.9. The Kier molecular flexibility index (Phi) is 8.61. The Morgan fingerprint density at radius 3 is 2.12 bits per heavy atom. The summed E-state index contributed by atoms with van der Waals surface area (Å²) in [6, 6.07) is 35.5. The summed E-state index contributed by atoms with van der Waals surface area (Å²) in [5, 5.41) is 14.6. The molecule has 0 aliphatic rings. The van der Waals surface area contributed by atoms with Gasteiger partial charge < -0.3 is 4.57 Å². The van der Waals surface area contributed by atoms with Gasteiger partial charge in [-0.05, 0) is 52.8 Å². The molecule has 7 rings (SSSR count). The monoisotopic (exact) mass is 636 g/mol. The molecule has 0 aliphatic heterocycles. The molecule has 0 aliphatic carbocycles. The molecule has 0 spiro atoms. The molecule has 1 unspecified atom stereocenters. The highest BCUT2D eigenvalue weighted by Crippen LogP contribution is 2.30. The van der Waals surface area contributed by atoms with E-state index in [0.29, 0.717) is 42.9 Å². The zero-order valence-corrected chi connectivity index (χ0v) is 27.0. The zero-order valence-electron chi connectivity index (χ0n) is 27.0. The van der Waals surface area contributed by atoms with Crippen LogP contribution in [0.5, 0.6) is 0 Å². The van der Waals surface area contributed by atoms with E-state index in [-0.39, 0.29) is 11.2 Å². The highest BCUT2D eigenvalue weighted by molar-refractivity contribution is 5.80. The number of fused-ring (bicyclic) bond motifs is 1. The van der Waals surface area contributed by atoms with Gasteiger partial charge in [0.15, 0.2) is 11.2 Å². The highest BCUT2D eigenvalue weighted by Gasteiger charge is 2.24. The summed E-state index contributed by atoms with van der Waals surface area (Å²) in [5.74, 6) is 1.32. The average Bonchev–Trinajstić information content (AvgIpc) is 3.79. The van der Waals surface area contributed by atoms with Crippen molar-refractivity contribution in [3.63, 3.8) is 0 Å². The van der Waals surface area contributed by atoms with Crippen LogP contribution in [0.2, 0.25) is 0 Å². The minimum absolute atomic E-state index is 0.331. The number of tetrazole rings is 1. The van der Waals surface area contributed by atoms with E-state index in [1.54, 1.807) is 4.57 Å². The summed E-state index contributed by atoms with van der Waals surface area (Å²) in [4.78, 5) is 33.7. The lowest BCUT2D eigenvalue weighted by Crippen LogP contribution is -2.42. The first-order chi connectivity index (χ1) is 23.5. The van der Waals surface area contributed by atoms with Crippen LogP contribution in [-0.2, 0) is 25.9 Å². The minimum Gasteiger partial charge on any atom is -0.318 e. The summed E-state index contributed by atoms with van der Waals surface area (Å²) in [6.45, 7) is 4.84. The molecule has 0 bridgehead atoms. The summed E-state index contributed by atoms with van der Waals surface area (Å²) in [7, 11) is 0. The molecule has 48 heavy (non-hydrogen) atoms. The van der Waals surface area contributed by atoms with Crippen LogP contribution in [0.15, 0.2) is 119 Å². The molecule has 4 aromatic carbocycles. The molecule has 1 N–H and O–H groups in total. The molecule has 3 heterocycles. The molecule has 1 atom stereocenters. The number of hydrogen-bond donors (Lipinski definition) is 1. The third-order valence-electron chi connectivity index (χ3n) is 8.87. The Hall–Kier alpha value is -5.90. The Morgan fingerprint density at radius 2 is 1.44 bits per heavy atom. The first-order valence-electron chi connectivity index (χ1n) is 16.3. The topological polar surface area (TPSA) is 116 Å². The van der Waals surface area contributed by atoms with Crippen LogP contribution in [0.4, 0.5) is 0 Å². The molecule has 0 fully saturated rings. The van der Waals surface area contributed by atoms with Gasteiger partial charge in [-0.3, -0.25) is 13.9 Å². The summed E-state index contributed by atoms with van der Waals surface area (Å²) < 4.78 is 5.10. The van der Waals surface area contributed by atoms with Gasteiger partial charge in [0, 0.05) is 25.1 Å². The summed E-state index contributed by atoms with van der Waals surface area (Å²) in [5.41, 5.74) is 6.10. The first-order valence-corrected chi connectivity index (χ1v) is 16.3. The molecule has 10 heteroatoms. The fraction of sp³-hybridized carbons (Fsp3) is 0.211. The minimum atomic E-state index is -0.463. The quantitative estimate of drug-likeness (QED) is 0.185. The lowest BCUT2D eigenvalue weighted by atomic mass is 9.98. The zero-order chi connectivity index (χ0) is 33.0. The van der Waals surface area contributed by atoms with Crippen molar-refractivity contribution in [2.75, 3.05) is 0 Å². The predicted molar refractivity (Wildman–Crippen MR) is 187 cm³/mol. The van der Waals surface area contributed by atoms with Crippen LogP contribution >= 0.6 is 0 Å². The van der Waals surface area contributed by atoms with Crippen molar-refractivity contribution in [2.24, 2.45) is 0 Å². The fourth-order valence-electron chi connectivity index (χ4n) is 6.38. The number of benzene rings is 4. The number of aromatic amines is 1. The molecular formula is C38H36N8O2. The van der Waals surface area contributed by atoms with Crippen LogP contribution in [-0.4, -0.2) is 39.3 Å². The van der Waals surface area contributed by atoms with Crippen LogP contribution < -0.4 is 11.2 Å². The van der Waals surface area contributed by atoms with Gasteiger partial charge in [-0.2, -0.15) is 5.21 Å². The highest BCUT2D eigenvalue weighted by atomic mass is 16.2. The van der Waals surface area contributed by atoms with Gasteiger partial charge in [-0.1, -0.05) is 116 Å². The van der Waals surface area contributed by atoms with Gasteiger partial charge in [0.05, 0.1) is 6.04 Å². The van der Waals surface area contributed by atoms with E-state index in [9.17, 15) is 9.59 Å². The lowest BCUT2D eigenvalue weighted by Gasteiger charge is -2.18. The van der Waals surface area contributed by atoms with E-state index in [1.807, 2.05) is 84.3 Å². The third kappa shape index (κ3) is 5.88. The number of hydrogen-bond acceptors (Lipinski definition) is 6. The number of rotatable bonds is 11. The van der Waals surface area contributed by atoms with Gasteiger partial charge in [0.25, 0.3) is 5.56 Å². The van der Waals surface area contributed by atoms with E-state index < -0.39 is 6.04 Å². The summed E-state index contributed by atoms with van der Waals surface area (Å²) >= 11 is 0. The standard InChI is InChI=1S/C38H36N8O2/c1-3-12-33-39-36-34(45(33)25-28-19-21-30(22-20-28)31-17-10-11-18-32(31)35-40-42-43-41-35)37(47)46(26(2)29-15-8-5-9-16-29)38(48)44(36)24-23-27-13-6-4-7-14-27/h4-11,13-22,26H,3,12,23-25H2,1-2H3,(H,40,41,42,43). The van der Waals surface area contributed by atoms with E-state index in [4.69, 9.17) is 4.98 Å². The second kappa shape index (κ2) is 13.4. The van der Waals surface area contributed by atoms with Crippen LogP contribution in [0.3, 0.4) is 0 Å². The molecule has 7 aromatic rings. The van der Waals surface area contributed by atoms with Gasteiger partial charge in [-0.15, -0.1) is 10.2 Å². The summed E-state index contributed by atoms with van der Waals surface area (Å²) in [6.07, 6.45) is 2.15. The van der Waals surface area contributed by atoms with Crippen molar-refractivity contribution in [3.8, 4) is 22.5 Å². The number of nitrogens with zero attached hydrogens (tertiary/aromatic N) is 7. The Balaban J connectivity index is 1.34. The third-order valence-corrected chi connectivity index (χ3v) is 8.87. The molecular weight excluding hydrogens is 600 g/mol. The molecule has 0 radical (unpaired) electrons. The SMILES string of the molecule is CCCc1nc2c(c(=O)n(C(C)c3ccccc3)c(=O)n2CCc2ccccc2)n1Cc1ccc(-c2ccccc2-c2nn[nH]n2)cc1. The van der Waals surface area contributed by atoms with Gasteiger partial charge in [0.2, 0.25) is 5.82 Å². The normalized spacial score (nSPS) is 12.0. The number of aromatic nitrogens is 8. The van der Waals surface area contributed by atoms with Crippen LogP contribution in [0.25, 0.3) is 33.7 Å². The van der Waals surface area contributed by atoms with E-state index in [0.717, 1.165) is 45.6 Å². The number of H-pyrrole nitrogens is 1. The van der Waals surface area contributed by atoms with Crippen molar-refractivity contribution < 1.29 is 0 Å². The first kappa shape index (κ1) is 30.7. The molecule has 0 saturated carbocycles. The molecule has 3 aromatic heterocycles. The van der Waals surface area contributed by atoms with Crippen LogP contribution in [0.1, 0.15) is 48.8 Å². The van der Waals surface area contributed by atoms with Crippen molar-refractivity contribution >= 4 is 11.2 Å². The maximum atomic E-state index is 14.5. The Labute approximate surface area is 277 Å². The fourth-order valence-corrected chi connectivity index (χ4v) is 6.38. The smallest absolute Gasteiger partial charge is 0.318 e. The van der Waals surface area contributed by atoms with E-state index >= 15 is 0 Å². The van der Waals surface area contributed by atoms with E-state index in [2.05, 4.69) is 63.9 Å². The number of imidazole rings is 1. The predicted octanol–water partition coefficient (Wildman–Crippen LogP) is 6.06. The average molecular weight is 637 g/mol.